The summed E-state index contributed by atoms with van der Waals surface area (Å²) in [5.41, 5.74) is 10.0. The number of para-hydroxylation sites is 3. The maximum atomic E-state index is 6.10. The smallest absolute Gasteiger partial charge is 0.157 e. The van der Waals surface area contributed by atoms with Gasteiger partial charge in [0.05, 0.1) is 21.6 Å². The fourth-order valence-corrected chi connectivity index (χ4v) is 3.31. The average molecular weight is 291 g/mol. The number of benzene rings is 2. The molecule has 3 nitrogen and oxygen atoms in total. The van der Waals surface area contributed by atoms with Crippen LogP contribution >= 0.6 is 11.3 Å². The van der Waals surface area contributed by atoms with Gasteiger partial charge in [0.1, 0.15) is 0 Å². The summed E-state index contributed by atoms with van der Waals surface area (Å²) >= 11 is 1.62. The van der Waals surface area contributed by atoms with E-state index in [1.807, 2.05) is 47.8 Å². The zero-order chi connectivity index (χ0) is 14.2. The summed E-state index contributed by atoms with van der Waals surface area (Å²) in [6.07, 6.45) is 0. The van der Waals surface area contributed by atoms with Gasteiger partial charge in [-0.3, -0.25) is 4.57 Å². The number of thiophene rings is 1. The molecular weight excluding hydrogens is 278 g/mol. The zero-order valence-electron chi connectivity index (χ0n) is 11.2. The lowest BCUT2D eigenvalue weighted by molar-refractivity contribution is 1.11. The Morgan fingerprint density at radius 1 is 0.905 bits per heavy atom. The first-order valence-corrected chi connectivity index (χ1v) is 7.59. The first-order chi connectivity index (χ1) is 10.3. The largest absolute Gasteiger partial charge is 0.397 e. The molecule has 4 rings (SSSR count). The highest BCUT2D eigenvalue weighted by Gasteiger charge is 2.16. The van der Waals surface area contributed by atoms with Gasteiger partial charge in [-0.2, -0.15) is 0 Å². The summed E-state index contributed by atoms with van der Waals surface area (Å²) in [5, 5.41) is 2.00. The van der Waals surface area contributed by atoms with Gasteiger partial charge in [-0.25, -0.2) is 4.98 Å². The summed E-state index contributed by atoms with van der Waals surface area (Å²) in [6.45, 7) is 0. The quantitative estimate of drug-likeness (QED) is 0.597. The molecule has 0 aliphatic rings. The Balaban J connectivity index is 2.09. The number of imidazole rings is 1. The van der Waals surface area contributed by atoms with Gasteiger partial charge in [-0.15, -0.1) is 11.3 Å². The number of hydrogen-bond donors (Lipinski definition) is 1. The summed E-state index contributed by atoms with van der Waals surface area (Å²) in [4.78, 5) is 5.80. The van der Waals surface area contributed by atoms with E-state index in [0.29, 0.717) is 0 Å². The van der Waals surface area contributed by atoms with E-state index in [-0.39, 0.29) is 0 Å². The molecule has 4 aromatic rings. The van der Waals surface area contributed by atoms with E-state index in [1.54, 1.807) is 11.3 Å². The average Bonchev–Trinajstić information content (AvgIpc) is 3.11. The summed E-state index contributed by atoms with van der Waals surface area (Å²) in [5.74, 6) is 0.898. The second-order valence-corrected chi connectivity index (χ2v) is 5.72. The van der Waals surface area contributed by atoms with Crippen LogP contribution in [0.2, 0.25) is 0 Å². The van der Waals surface area contributed by atoms with Crippen molar-refractivity contribution in [2.75, 3.05) is 5.73 Å². The lowest BCUT2D eigenvalue weighted by Crippen LogP contribution is -1.97. The Bertz CT molecular complexity index is 906. The van der Waals surface area contributed by atoms with Crippen molar-refractivity contribution >= 4 is 28.1 Å². The van der Waals surface area contributed by atoms with Crippen LogP contribution in [0.5, 0.6) is 0 Å². The van der Waals surface area contributed by atoms with Crippen LogP contribution in [0.25, 0.3) is 27.4 Å². The molecule has 0 amide bonds. The molecule has 0 radical (unpaired) electrons. The standard InChI is InChI=1S/C17H13N3S/c18-13-10-11-21-16(13)17-19-14-8-4-5-9-15(14)20(17)12-6-2-1-3-7-12/h1-11H,18H2. The van der Waals surface area contributed by atoms with Crippen molar-refractivity contribution in [2.24, 2.45) is 0 Å². The minimum atomic E-state index is 0.771. The minimum absolute atomic E-state index is 0.771. The highest BCUT2D eigenvalue weighted by Crippen LogP contribution is 2.35. The molecule has 0 unspecified atom stereocenters. The van der Waals surface area contributed by atoms with Crippen molar-refractivity contribution < 1.29 is 0 Å². The molecule has 0 fully saturated rings. The number of rotatable bonds is 2. The molecule has 0 atom stereocenters. The molecule has 0 aliphatic heterocycles. The number of anilines is 1. The number of nitrogen functional groups attached to an aromatic ring is 1. The van der Waals surface area contributed by atoms with Crippen molar-refractivity contribution in [3.63, 3.8) is 0 Å². The molecule has 2 aromatic heterocycles. The van der Waals surface area contributed by atoms with Crippen LogP contribution < -0.4 is 5.73 Å². The molecule has 102 valence electrons. The Morgan fingerprint density at radius 3 is 2.43 bits per heavy atom. The molecule has 0 spiro atoms. The van der Waals surface area contributed by atoms with Crippen LogP contribution in [0.3, 0.4) is 0 Å². The first kappa shape index (κ1) is 12.2. The Kier molecular flexibility index (Phi) is 2.75. The normalized spacial score (nSPS) is 11.0. The third-order valence-corrected chi connectivity index (χ3v) is 4.40. The zero-order valence-corrected chi connectivity index (χ0v) is 12.0. The summed E-state index contributed by atoms with van der Waals surface area (Å²) in [6, 6.07) is 20.3. The maximum Gasteiger partial charge on any atom is 0.157 e. The number of aromatic nitrogens is 2. The van der Waals surface area contributed by atoms with Gasteiger partial charge in [0.2, 0.25) is 0 Å². The highest BCUT2D eigenvalue weighted by molar-refractivity contribution is 7.14. The van der Waals surface area contributed by atoms with Crippen molar-refractivity contribution in [1.29, 1.82) is 0 Å². The molecule has 2 aromatic carbocycles. The van der Waals surface area contributed by atoms with E-state index in [1.165, 1.54) is 0 Å². The van der Waals surface area contributed by atoms with Gasteiger partial charge in [-0.05, 0) is 35.7 Å². The van der Waals surface area contributed by atoms with E-state index < -0.39 is 0 Å². The molecule has 2 N–H and O–H groups in total. The fourth-order valence-electron chi connectivity index (χ4n) is 2.52. The topological polar surface area (TPSA) is 43.8 Å². The monoisotopic (exact) mass is 291 g/mol. The maximum absolute atomic E-state index is 6.10. The highest BCUT2D eigenvalue weighted by atomic mass is 32.1. The van der Waals surface area contributed by atoms with Crippen molar-refractivity contribution in [2.45, 2.75) is 0 Å². The Hall–Kier alpha value is -2.59. The lowest BCUT2D eigenvalue weighted by atomic mass is 10.2. The third-order valence-electron chi connectivity index (χ3n) is 3.47. The Labute approximate surface area is 126 Å². The van der Waals surface area contributed by atoms with Crippen LogP contribution in [0, 0.1) is 0 Å². The number of fused-ring (bicyclic) bond motifs is 1. The van der Waals surface area contributed by atoms with E-state index in [4.69, 9.17) is 10.7 Å². The van der Waals surface area contributed by atoms with Gasteiger partial charge in [-0.1, -0.05) is 30.3 Å². The SMILES string of the molecule is Nc1ccsc1-c1nc2ccccc2n1-c1ccccc1. The molecule has 2 heterocycles. The lowest BCUT2D eigenvalue weighted by Gasteiger charge is -2.08. The summed E-state index contributed by atoms with van der Waals surface area (Å²) < 4.78 is 2.16. The van der Waals surface area contributed by atoms with Gasteiger partial charge < -0.3 is 5.73 Å². The van der Waals surface area contributed by atoms with Gasteiger partial charge >= 0.3 is 0 Å². The number of nitrogens with two attached hydrogens (primary N) is 1. The second-order valence-electron chi connectivity index (χ2n) is 4.80. The first-order valence-electron chi connectivity index (χ1n) is 6.71. The van der Waals surface area contributed by atoms with Gasteiger partial charge in [0.15, 0.2) is 5.82 Å². The van der Waals surface area contributed by atoms with Crippen molar-refractivity contribution in [1.82, 2.24) is 9.55 Å². The van der Waals surface area contributed by atoms with E-state index in [2.05, 4.69) is 22.8 Å². The van der Waals surface area contributed by atoms with E-state index in [9.17, 15) is 0 Å². The van der Waals surface area contributed by atoms with Crippen molar-refractivity contribution in [3.05, 3.63) is 66.0 Å². The molecule has 21 heavy (non-hydrogen) atoms. The van der Waals surface area contributed by atoms with Crippen LogP contribution in [0.15, 0.2) is 66.0 Å². The minimum Gasteiger partial charge on any atom is -0.397 e. The predicted octanol–water partition coefficient (Wildman–Crippen LogP) is 4.34. The van der Waals surface area contributed by atoms with Gasteiger partial charge in [0.25, 0.3) is 0 Å². The van der Waals surface area contributed by atoms with Crippen LogP contribution in [0.1, 0.15) is 0 Å². The molecule has 4 heteroatoms. The van der Waals surface area contributed by atoms with E-state index in [0.717, 1.165) is 33.1 Å². The molecule has 0 aliphatic carbocycles. The molecule has 0 saturated heterocycles. The molecular formula is C17H13N3S. The van der Waals surface area contributed by atoms with Crippen molar-refractivity contribution in [3.8, 4) is 16.4 Å². The second kappa shape index (κ2) is 4.75. The third kappa shape index (κ3) is 1.92. The fraction of sp³-hybridized carbons (Fsp3) is 0. The van der Waals surface area contributed by atoms with Crippen LogP contribution in [-0.2, 0) is 0 Å². The summed E-state index contributed by atoms with van der Waals surface area (Å²) in [7, 11) is 0. The van der Waals surface area contributed by atoms with Crippen LogP contribution in [-0.4, -0.2) is 9.55 Å². The number of hydrogen-bond acceptors (Lipinski definition) is 3. The van der Waals surface area contributed by atoms with Crippen LogP contribution in [0.4, 0.5) is 5.69 Å². The number of nitrogens with zero attached hydrogens (tertiary/aromatic N) is 2. The van der Waals surface area contributed by atoms with Gasteiger partial charge in [0, 0.05) is 5.69 Å². The predicted molar refractivity (Wildman–Crippen MR) is 88.8 cm³/mol. The molecule has 0 bridgehead atoms. The molecule has 0 saturated carbocycles. The van der Waals surface area contributed by atoms with E-state index >= 15 is 0 Å². The Morgan fingerprint density at radius 2 is 1.67 bits per heavy atom.